The summed E-state index contributed by atoms with van der Waals surface area (Å²) in [6.07, 6.45) is 3.79. The van der Waals surface area contributed by atoms with Crippen molar-refractivity contribution in [2.75, 3.05) is 44.3 Å². The minimum Gasteiger partial charge on any atom is -0.486 e. The van der Waals surface area contributed by atoms with E-state index in [2.05, 4.69) is 50.0 Å². The van der Waals surface area contributed by atoms with Gasteiger partial charge >= 0.3 is 0 Å². The summed E-state index contributed by atoms with van der Waals surface area (Å²) in [6, 6.07) is 4.55. The zero-order valence-corrected chi connectivity index (χ0v) is 16.9. The average Bonchev–Trinajstić information content (AvgIpc) is 2.59. The van der Waals surface area contributed by atoms with Crippen LogP contribution >= 0.6 is 0 Å². The molecule has 2 fully saturated rings. The molecule has 0 amide bonds. The van der Waals surface area contributed by atoms with Crippen molar-refractivity contribution in [3.8, 4) is 11.5 Å². The topological polar surface area (TPSA) is 33.7 Å². The monoisotopic (exact) mass is 358 g/mol. The second-order valence-corrected chi connectivity index (χ2v) is 9.90. The summed E-state index contributed by atoms with van der Waals surface area (Å²) in [6.45, 7) is 15.3. The zero-order chi connectivity index (χ0) is 18.4. The number of nitrogens with zero attached hydrogens (tertiary/aromatic N) is 1. The van der Waals surface area contributed by atoms with E-state index >= 15 is 0 Å². The second kappa shape index (κ2) is 6.63. The van der Waals surface area contributed by atoms with E-state index < -0.39 is 0 Å². The summed E-state index contributed by atoms with van der Waals surface area (Å²) in [5, 5.41) is 3.47. The first-order valence-electron chi connectivity index (χ1n) is 10.2. The molecule has 144 valence electrons. The van der Waals surface area contributed by atoms with Gasteiger partial charge in [0.15, 0.2) is 11.5 Å². The van der Waals surface area contributed by atoms with E-state index in [0.717, 1.165) is 37.7 Å². The SMILES string of the molecule is CC1(C)CC(c2cc3c(cc2N2CCNCC2)OCCO3)CC(C)(C)C1. The third-order valence-electron chi connectivity index (χ3n) is 6.14. The Labute approximate surface area is 158 Å². The molecule has 26 heavy (non-hydrogen) atoms. The van der Waals surface area contributed by atoms with Gasteiger partial charge in [0.25, 0.3) is 0 Å². The van der Waals surface area contributed by atoms with E-state index in [9.17, 15) is 0 Å². The number of hydrogen-bond donors (Lipinski definition) is 1. The number of hydrogen-bond acceptors (Lipinski definition) is 4. The van der Waals surface area contributed by atoms with Crippen molar-refractivity contribution in [2.45, 2.75) is 52.9 Å². The van der Waals surface area contributed by atoms with Gasteiger partial charge in [0, 0.05) is 37.9 Å². The number of ether oxygens (including phenoxy) is 2. The summed E-state index contributed by atoms with van der Waals surface area (Å²) in [7, 11) is 0. The maximum atomic E-state index is 5.95. The number of benzene rings is 1. The van der Waals surface area contributed by atoms with Gasteiger partial charge in [0.2, 0.25) is 0 Å². The second-order valence-electron chi connectivity index (χ2n) is 9.90. The van der Waals surface area contributed by atoms with Gasteiger partial charge in [-0.1, -0.05) is 27.7 Å². The normalized spacial score (nSPS) is 25.2. The Morgan fingerprint density at radius 2 is 1.50 bits per heavy atom. The van der Waals surface area contributed by atoms with E-state index in [1.165, 1.54) is 30.5 Å². The molecule has 1 aromatic rings. The maximum Gasteiger partial charge on any atom is 0.163 e. The fraction of sp³-hybridized carbons (Fsp3) is 0.727. The van der Waals surface area contributed by atoms with E-state index in [1.54, 1.807) is 0 Å². The fourth-order valence-corrected chi connectivity index (χ4v) is 5.67. The number of fused-ring (bicyclic) bond motifs is 1. The largest absolute Gasteiger partial charge is 0.486 e. The highest BCUT2D eigenvalue weighted by Gasteiger charge is 2.40. The molecule has 4 heteroatoms. The molecule has 2 heterocycles. The lowest BCUT2D eigenvalue weighted by Crippen LogP contribution is -2.44. The maximum absolute atomic E-state index is 5.95. The number of rotatable bonds is 2. The number of anilines is 1. The molecule has 2 aliphatic heterocycles. The van der Waals surface area contributed by atoms with Crippen LogP contribution in [0.4, 0.5) is 5.69 Å². The third-order valence-corrected chi connectivity index (χ3v) is 6.14. The molecule has 0 unspecified atom stereocenters. The molecule has 0 bridgehead atoms. The van der Waals surface area contributed by atoms with Crippen LogP contribution in [-0.4, -0.2) is 39.4 Å². The van der Waals surface area contributed by atoms with Crippen molar-refractivity contribution in [1.82, 2.24) is 5.32 Å². The minimum atomic E-state index is 0.375. The summed E-state index contributed by atoms with van der Waals surface area (Å²) in [5.74, 6) is 2.43. The van der Waals surface area contributed by atoms with Gasteiger partial charge in [-0.25, -0.2) is 0 Å². The zero-order valence-electron chi connectivity index (χ0n) is 16.9. The fourth-order valence-electron chi connectivity index (χ4n) is 5.67. The quantitative estimate of drug-likeness (QED) is 0.860. The Morgan fingerprint density at radius 3 is 2.12 bits per heavy atom. The molecule has 3 aliphatic rings. The first-order chi connectivity index (χ1) is 12.3. The predicted octanol–water partition coefficient (Wildman–Crippen LogP) is 4.19. The van der Waals surface area contributed by atoms with Crippen molar-refractivity contribution < 1.29 is 9.47 Å². The Hall–Kier alpha value is -1.42. The minimum absolute atomic E-state index is 0.375. The highest BCUT2D eigenvalue weighted by Crippen LogP contribution is 2.54. The summed E-state index contributed by atoms with van der Waals surface area (Å²) in [5.41, 5.74) is 3.59. The molecule has 0 spiro atoms. The standard InChI is InChI=1S/C22H34N2O2/c1-21(2)13-16(14-22(3,4)15-21)17-11-19-20(26-10-9-25-19)12-18(17)24-7-5-23-6-8-24/h11-12,16,23H,5-10,13-15H2,1-4H3. The molecule has 1 aliphatic carbocycles. The Morgan fingerprint density at radius 1 is 0.923 bits per heavy atom. The molecular weight excluding hydrogens is 324 g/mol. The van der Waals surface area contributed by atoms with Gasteiger partial charge in [-0.2, -0.15) is 0 Å². The van der Waals surface area contributed by atoms with Crippen LogP contribution in [0.5, 0.6) is 11.5 Å². The molecule has 1 N–H and O–H groups in total. The van der Waals surface area contributed by atoms with Crippen molar-refractivity contribution in [1.29, 1.82) is 0 Å². The summed E-state index contributed by atoms with van der Waals surface area (Å²) >= 11 is 0. The lowest BCUT2D eigenvalue weighted by molar-refractivity contribution is 0.0967. The van der Waals surface area contributed by atoms with Gasteiger partial charge < -0.3 is 19.7 Å². The highest BCUT2D eigenvalue weighted by atomic mass is 16.6. The van der Waals surface area contributed by atoms with Crippen molar-refractivity contribution in [2.24, 2.45) is 10.8 Å². The third kappa shape index (κ3) is 3.66. The van der Waals surface area contributed by atoms with Gasteiger partial charge in [0.1, 0.15) is 13.2 Å². The number of nitrogens with one attached hydrogen (secondary N) is 1. The van der Waals surface area contributed by atoms with Crippen molar-refractivity contribution in [3.63, 3.8) is 0 Å². The summed E-state index contributed by atoms with van der Waals surface area (Å²) in [4.78, 5) is 2.54. The van der Waals surface area contributed by atoms with Gasteiger partial charge in [-0.3, -0.25) is 0 Å². The van der Waals surface area contributed by atoms with Crippen LogP contribution in [0.3, 0.4) is 0 Å². The van der Waals surface area contributed by atoms with E-state index in [4.69, 9.17) is 9.47 Å². The van der Waals surface area contributed by atoms with Gasteiger partial charge in [-0.15, -0.1) is 0 Å². The lowest BCUT2D eigenvalue weighted by atomic mass is 9.60. The molecule has 0 aromatic heterocycles. The predicted molar refractivity (Wildman–Crippen MR) is 107 cm³/mol. The first-order valence-corrected chi connectivity index (χ1v) is 10.2. The molecular formula is C22H34N2O2. The van der Waals surface area contributed by atoms with Crippen LogP contribution in [0, 0.1) is 10.8 Å². The Kier molecular flexibility index (Phi) is 4.58. The van der Waals surface area contributed by atoms with Crippen LogP contribution in [0.25, 0.3) is 0 Å². The lowest BCUT2D eigenvalue weighted by Gasteiger charge is -2.46. The molecule has 1 saturated heterocycles. The Bertz CT molecular complexity index is 646. The molecule has 4 nitrogen and oxygen atoms in total. The Balaban J connectivity index is 1.75. The molecule has 1 saturated carbocycles. The van der Waals surface area contributed by atoms with Crippen molar-refractivity contribution >= 4 is 5.69 Å². The van der Waals surface area contributed by atoms with E-state index in [-0.39, 0.29) is 0 Å². The van der Waals surface area contributed by atoms with Crippen LogP contribution in [0.2, 0.25) is 0 Å². The van der Waals surface area contributed by atoms with Crippen LogP contribution in [-0.2, 0) is 0 Å². The van der Waals surface area contributed by atoms with Gasteiger partial charge in [0.05, 0.1) is 0 Å². The van der Waals surface area contributed by atoms with Gasteiger partial charge in [-0.05, 0) is 47.6 Å². The number of piperazine rings is 1. The van der Waals surface area contributed by atoms with Crippen LogP contribution in [0.1, 0.15) is 58.4 Å². The smallest absolute Gasteiger partial charge is 0.163 e. The highest BCUT2D eigenvalue weighted by molar-refractivity contribution is 5.64. The molecule has 4 rings (SSSR count). The van der Waals surface area contributed by atoms with Crippen LogP contribution < -0.4 is 19.7 Å². The summed E-state index contributed by atoms with van der Waals surface area (Å²) < 4.78 is 11.9. The first kappa shape index (κ1) is 18.0. The molecule has 0 radical (unpaired) electrons. The van der Waals surface area contributed by atoms with Crippen molar-refractivity contribution in [3.05, 3.63) is 17.7 Å². The molecule has 1 aromatic carbocycles. The molecule has 0 atom stereocenters. The van der Waals surface area contributed by atoms with E-state index in [1.807, 2.05) is 0 Å². The average molecular weight is 359 g/mol. The van der Waals surface area contributed by atoms with E-state index in [0.29, 0.717) is 30.0 Å². The van der Waals surface area contributed by atoms with Crippen LogP contribution in [0.15, 0.2) is 12.1 Å².